The van der Waals surface area contributed by atoms with Gasteiger partial charge in [0.05, 0.1) is 30.0 Å². The van der Waals surface area contributed by atoms with Crippen LogP contribution in [0.2, 0.25) is 5.02 Å². The number of halogens is 1. The molecule has 0 aromatic heterocycles. The van der Waals surface area contributed by atoms with Crippen molar-refractivity contribution >= 4 is 27.5 Å². The van der Waals surface area contributed by atoms with Gasteiger partial charge in [-0.3, -0.25) is 9.69 Å². The Bertz CT molecular complexity index is 985. The van der Waals surface area contributed by atoms with Crippen molar-refractivity contribution in [3.63, 3.8) is 0 Å². The minimum atomic E-state index is -3.52. The van der Waals surface area contributed by atoms with E-state index in [-0.39, 0.29) is 24.2 Å². The number of likely N-dealkylation sites (tertiary alicyclic amines) is 1. The number of nitrogens with one attached hydrogen (secondary N) is 2. The number of hydrogen-bond acceptors (Lipinski definition) is 7. The second-order valence-electron chi connectivity index (χ2n) is 10.3. The minimum Gasteiger partial charge on any atom is -0.492 e. The molecule has 1 amide bonds. The summed E-state index contributed by atoms with van der Waals surface area (Å²) in [4.78, 5) is 15.3. The van der Waals surface area contributed by atoms with Crippen LogP contribution in [0.15, 0.2) is 18.2 Å². The number of hydrogen-bond donors (Lipinski definition) is 3. The summed E-state index contributed by atoms with van der Waals surface area (Å²) in [5.74, 6) is 1.04. The number of aliphatic hydroxyl groups is 1. The molecule has 0 spiro atoms. The third kappa shape index (κ3) is 8.56. The molecule has 1 aromatic rings. The highest BCUT2D eigenvalue weighted by Crippen LogP contribution is 2.33. The third-order valence-corrected chi connectivity index (χ3v) is 8.86. The fraction of sp³-hybridized carbons (Fsp3) is 0.720. The monoisotopic (exact) mass is 542 g/mol. The number of rotatable bonds is 14. The Labute approximate surface area is 219 Å². The number of sulfonamides is 1. The maximum absolute atomic E-state index is 13.1. The molecular formula is C25H39ClN4O5S. The van der Waals surface area contributed by atoms with E-state index in [1.54, 1.807) is 11.0 Å². The van der Waals surface area contributed by atoms with Crippen LogP contribution in [0.5, 0.6) is 5.75 Å². The number of ether oxygens (including phenoxy) is 1. The first-order valence-electron chi connectivity index (χ1n) is 13.2. The van der Waals surface area contributed by atoms with Gasteiger partial charge in [-0.25, -0.2) is 13.1 Å². The fourth-order valence-corrected chi connectivity index (χ4v) is 6.28. The molecule has 3 N–H and O–H groups in total. The highest BCUT2D eigenvalue weighted by Gasteiger charge is 2.28. The number of piperidine rings is 1. The molecule has 1 unspecified atom stereocenters. The number of carbonyl (C=O) groups is 1. The van der Waals surface area contributed by atoms with Crippen LogP contribution in [0, 0.1) is 5.92 Å². The first kappa shape index (κ1) is 27.6. The molecule has 2 heterocycles. The zero-order valence-corrected chi connectivity index (χ0v) is 22.4. The Hall–Kier alpha value is -1.43. The number of carbonyl (C=O) groups excluding carboxylic acids is 1. The molecule has 0 bridgehead atoms. The zero-order valence-electron chi connectivity index (χ0n) is 20.8. The summed E-state index contributed by atoms with van der Waals surface area (Å²) in [7, 11) is -3.52. The molecule has 4 rings (SSSR count). The van der Waals surface area contributed by atoms with Gasteiger partial charge in [0.1, 0.15) is 5.75 Å². The molecule has 2 saturated heterocycles. The quantitative estimate of drug-likeness (QED) is 0.310. The summed E-state index contributed by atoms with van der Waals surface area (Å²) in [5.41, 5.74) is 0.861. The van der Waals surface area contributed by atoms with Crippen molar-refractivity contribution in [1.82, 2.24) is 19.8 Å². The lowest BCUT2D eigenvalue weighted by atomic mass is 10.0. The van der Waals surface area contributed by atoms with Crippen molar-refractivity contribution in [2.75, 3.05) is 45.1 Å². The minimum absolute atomic E-state index is 0.0296. The summed E-state index contributed by atoms with van der Waals surface area (Å²) in [5, 5.41) is 12.7. The van der Waals surface area contributed by atoms with Crippen molar-refractivity contribution < 1.29 is 23.1 Å². The van der Waals surface area contributed by atoms with Crippen molar-refractivity contribution in [3.05, 3.63) is 28.8 Å². The topological polar surface area (TPSA) is 111 Å². The molecular weight excluding hydrogens is 504 g/mol. The Balaban J connectivity index is 1.34. The van der Waals surface area contributed by atoms with Crippen molar-refractivity contribution in [2.24, 2.45) is 5.92 Å². The van der Waals surface area contributed by atoms with Crippen LogP contribution >= 0.6 is 11.6 Å². The lowest BCUT2D eigenvalue weighted by Crippen LogP contribution is -2.41. The van der Waals surface area contributed by atoms with Crippen LogP contribution in [-0.2, 0) is 14.8 Å². The number of nitrogens with zero attached hydrogens (tertiary/aromatic N) is 2. The largest absolute Gasteiger partial charge is 0.492 e. The van der Waals surface area contributed by atoms with Crippen LogP contribution in [0.3, 0.4) is 0 Å². The van der Waals surface area contributed by atoms with E-state index in [2.05, 4.69) is 14.9 Å². The predicted octanol–water partition coefficient (Wildman–Crippen LogP) is 2.45. The lowest BCUT2D eigenvalue weighted by molar-refractivity contribution is -0.119. The Morgan fingerprint density at radius 2 is 1.94 bits per heavy atom. The number of unbranched alkanes of at least 4 members (excludes halogenated alkanes) is 2. The SMILES string of the molecule is O=C1CN(CCCCCS(=O)(=O)N[C@H](CN2CCCCC2)c2ccc(Cl)c(OCC3CC3)c2)C(O)N1. The molecule has 2 atom stereocenters. The van der Waals surface area contributed by atoms with Crippen LogP contribution in [0.1, 0.15) is 63.0 Å². The van der Waals surface area contributed by atoms with Crippen LogP contribution in [0.4, 0.5) is 0 Å². The van der Waals surface area contributed by atoms with Gasteiger partial charge in [0.15, 0.2) is 6.35 Å². The average molecular weight is 543 g/mol. The maximum atomic E-state index is 13.1. The summed E-state index contributed by atoms with van der Waals surface area (Å²) >= 11 is 6.38. The van der Waals surface area contributed by atoms with E-state index >= 15 is 0 Å². The lowest BCUT2D eigenvalue weighted by Gasteiger charge is -2.31. The first-order chi connectivity index (χ1) is 17.3. The highest BCUT2D eigenvalue weighted by molar-refractivity contribution is 7.89. The second kappa shape index (κ2) is 12.9. The van der Waals surface area contributed by atoms with Gasteiger partial charge in [0.2, 0.25) is 15.9 Å². The van der Waals surface area contributed by atoms with Gasteiger partial charge >= 0.3 is 0 Å². The number of aliphatic hydroxyl groups excluding tert-OH is 1. The molecule has 0 radical (unpaired) electrons. The van der Waals surface area contributed by atoms with Crippen LogP contribution in [0.25, 0.3) is 0 Å². The van der Waals surface area contributed by atoms with Crippen molar-refractivity contribution in [1.29, 1.82) is 0 Å². The standard InChI is InChI=1S/C25H39ClN4O5S/c26-21-10-9-20(15-23(21)35-18-19-7-8-19)22(16-29-11-3-1-4-12-29)28-36(33,34)14-6-2-5-13-30-17-24(31)27-25(30)32/h9-10,15,19,22,25,28,32H,1-8,11-14,16-18H2,(H,27,31)/t22-,25?/m1/s1. The normalized spacial score (nSPS) is 22.5. The van der Waals surface area contributed by atoms with Gasteiger partial charge in [-0.1, -0.05) is 30.5 Å². The number of benzene rings is 1. The Kier molecular flexibility index (Phi) is 9.88. The zero-order chi connectivity index (χ0) is 25.5. The molecule has 3 aliphatic rings. The van der Waals surface area contributed by atoms with E-state index in [0.717, 1.165) is 31.5 Å². The van der Waals surface area contributed by atoms with E-state index in [4.69, 9.17) is 16.3 Å². The Morgan fingerprint density at radius 1 is 1.17 bits per heavy atom. The molecule has 2 aliphatic heterocycles. The van der Waals surface area contributed by atoms with E-state index in [1.165, 1.54) is 19.3 Å². The van der Waals surface area contributed by atoms with Gasteiger partial charge in [0, 0.05) is 13.1 Å². The van der Waals surface area contributed by atoms with Gasteiger partial charge in [-0.05, 0) is 75.2 Å². The van der Waals surface area contributed by atoms with E-state index in [9.17, 15) is 18.3 Å². The van der Waals surface area contributed by atoms with Gasteiger partial charge in [-0.15, -0.1) is 0 Å². The highest BCUT2D eigenvalue weighted by atomic mass is 35.5. The molecule has 1 aromatic carbocycles. The summed E-state index contributed by atoms with van der Waals surface area (Å²) in [6.07, 6.45) is 6.79. The summed E-state index contributed by atoms with van der Waals surface area (Å²) in [6, 6.07) is 5.19. The van der Waals surface area contributed by atoms with Crippen molar-refractivity contribution in [3.8, 4) is 5.75 Å². The maximum Gasteiger partial charge on any atom is 0.237 e. The summed E-state index contributed by atoms with van der Waals surface area (Å²) < 4.78 is 35.0. The fourth-order valence-electron chi connectivity index (χ4n) is 4.76. The Morgan fingerprint density at radius 3 is 2.64 bits per heavy atom. The molecule has 36 heavy (non-hydrogen) atoms. The van der Waals surface area contributed by atoms with Gasteiger partial charge in [0.25, 0.3) is 0 Å². The molecule has 9 nitrogen and oxygen atoms in total. The van der Waals surface area contributed by atoms with E-state index in [0.29, 0.717) is 55.6 Å². The molecule has 3 fully saturated rings. The number of amides is 1. The van der Waals surface area contributed by atoms with Gasteiger partial charge in [-0.2, -0.15) is 0 Å². The van der Waals surface area contributed by atoms with E-state index in [1.807, 2.05) is 12.1 Å². The van der Waals surface area contributed by atoms with Crippen LogP contribution < -0.4 is 14.8 Å². The smallest absolute Gasteiger partial charge is 0.237 e. The van der Waals surface area contributed by atoms with Crippen LogP contribution in [-0.4, -0.2) is 80.7 Å². The van der Waals surface area contributed by atoms with Gasteiger partial charge < -0.3 is 20.1 Å². The van der Waals surface area contributed by atoms with E-state index < -0.39 is 16.4 Å². The van der Waals surface area contributed by atoms with Crippen molar-refractivity contribution in [2.45, 2.75) is 63.8 Å². The predicted molar refractivity (Wildman–Crippen MR) is 139 cm³/mol. The third-order valence-electron chi connectivity index (χ3n) is 7.08. The molecule has 1 saturated carbocycles. The first-order valence-corrected chi connectivity index (χ1v) is 15.2. The average Bonchev–Trinajstić information content (AvgIpc) is 3.61. The molecule has 11 heteroatoms. The second-order valence-corrected chi connectivity index (χ2v) is 12.5. The molecule has 202 valence electrons. The summed E-state index contributed by atoms with van der Waals surface area (Å²) in [6.45, 7) is 3.90. The molecule has 1 aliphatic carbocycles.